The molecule has 1 aromatic carbocycles. The number of unbranched alkanes of at least 4 members (excludes halogenated alkanes) is 8. The summed E-state index contributed by atoms with van der Waals surface area (Å²) >= 11 is 0. The minimum atomic E-state index is -0.772. The molecule has 0 spiro atoms. The van der Waals surface area contributed by atoms with Crippen molar-refractivity contribution in [3.8, 4) is 0 Å². The molecule has 0 aliphatic carbocycles. The molecule has 0 N–H and O–H groups in total. The average Bonchev–Trinajstić information content (AvgIpc) is 3.00. The maximum atomic E-state index is 13.3. The number of hydrogen-bond donors (Lipinski definition) is 0. The standard InChI is InChI=1S/C37H60O8/c1-7-9-10-11-12-13-14-15-19-23-33(45-37-36(43-30(6)38)28(4)27(3)29(5)42-37)25-35(40)44-32(20-8-2)24-34(39)41-26-31-21-17-16-18-22-31/h16-18,21-22,27-29,32-33,36-37H,7-15,19-20,23-26H2,1-6H3/t27-,28+,29?,32?,33?,36?,37+/m1/s1. The van der Waals surface area contributed by atoms with Crippen molar-refractivity contribution in [3.05, 3.63) is 35.9 Å². The first-order valence-corrected chi connectivity index (χ1v) is 17.5. The van der Waals surface area contributed by atoms with Crippen molar-refractivity contribution in [2.24, 2.45) is 11.8 Å². The molecule has 0 radical (unpaired) electrons. The smallest absolute Gasteiger partial charge is 0.309 e. The van der Waals surface area contributed by atoms with Gasteiger partial charge in [0.05, 0.1) is 25.0 Å². The Morgan fingerprint density at radius 3 is 2.00 bits per heavy atom. The molecular weight excluding hydrogens is 572 g/mol. The first kappa shape index (κ1) is 38.7. The predicted molar refractivity (Wildman–Crippen MR) is 175 cm³/mol. The molecule has 0 saturated carbocycles. The van der Waals surface area contributed by atoms with Crippen LogP contribution in [-0.4, -0.2) is 48.6 Å². The number of rotatable bonds is 22. The third-order valence-electron chi connectivity index (χ3n) is 8.90. The monoisotopic (exact) mass is 632 g/mol. The number of hydrogen-bond acceptors (Lipinski definition) is 8. The van der Waals surface area contributed by atoms with Crippen LogP contribution in [0.4, 0.5) is 0 Å². The molecule has 1 aromatic rings. The normalized spacial score (nSPS) is 22.8. The highest BCUT2D eigenvalue weighted by atomic mass is 16.7. The molecule has 7 atom stereocenters. The molecule has 1 aliphatic rings. The first-order valence-electron chi connectivity index (χ1n) is 17.5. The van der Waals surface area contributed by atoms with Gasteiger partial charge in [0.25, 0.3) is 0 Å². The molecule has 45 heavy (non-hydrogen) atoms. The molecular formula is C37H60O8. The highest BCUT2D eigenvalue weighted by Crippen LogP contribution is 2.34. The minimum absolute atomic E-state index is 0.00335. The van der Waals surface area contributed by atoms with Crippen LogP contribution in [0.3, 0.4) is 0 Å². The zero-order chi connectivity index (χ0) is 33.0. The van der Waals surface area contributed by atoms with Gasteiger partial charge in [-0.3, -0.25) is 14.4 Å². The van der Waals surface area contributed by atoms with Gasteiger partial charge in [0.2, 0.25) is 0 Å². The SMILES string of the molecule is CCCCCCCCCCCC(CC(=O)OC(CCC)CC(=O)OCc1ccccc1)O[C@@H]1OC(C)[C@H](C)[C@H](C)C1OC(C)=O. The lowest BCUT2D eigenvalue weighted by Crippen LogP contribution is -2.52. The molecule has 8 nitrogen and oxygen atoms in total. The summed E-state index contributed by atoms with van der Waals surface area (Å²) in [6.45, 7) is 11.9. The zero-order valence-corrected chi connectivity index (χ0v) is 28.8. The summed E-state index contributed by atoms with van der Waals surface area (Å²) < 4.78 is 29.6. The third-order valence-corrected chi connectivity index (χ3v) is 8.90. The number of carbonyl (C=O) groups is 3. The molecule has 0 amide bonds. The zero-order valence-electron chi connectivity index (χ0n) is 28.8. The molecule has 1 heterocycles. The molecule has 1 fully saturated rings. The van der Waals surface area contributed by atoms with Gasteiger partial charge in [-0.05, 0) is 31.2 Å². The van der Waals surface area contributed by atoms with E-state index in [1.807, 2.05) is 51.1 Å². The quantitative estimate of drug-likeness (QED) is 0.0713. The predicted octanol–water partition coefficient (Wildman–Crippen LogP) is 8.48. The maximum Gasteiger partial charge on any atom is 0.309 e. The van der Waals surface area contributed by atoms with Crippen LogP contribution in [0.25, 0.3) is 0 Å². The third kappa shape index (κ3) is 15.6. The van der Waals surface area contributed by atoms with E-state index in [1.165, 1.54) is 45.4 Å². The lowest BCUT2D eigenvalue weighted by molar-refractivity contribution is -0.285. The second kappa shape index (κ2) is 22.1. The van der Waals surface area contributed by atoms with Crippen LogP contribution in [0.15, 0.2) is 30.3 Å². The van der Waals surface area contributed by atoms with Gasteiger partial charge < -0.3 is 23.7 Å². The summed E-state index contributed by atoms with van der Waals surface area (Å²) in [7, 11) is 0. The lowest BCUT2D eigenvalue weighted by atomic mass is 9.84. The molecule has 1 aliphatic heterocycles. The van der Waals surface area contributed by atoms with Crippen LogP contribution in [0.2, 0.25) is 0 Å². The molecule has 256 valence electrons. The van der Waals surface area contributed by atoms with Gasteiger partial charge in [0.15, 0.2) is 12.4 Å². The van der Waals surface area contributed by atoms with Crippen LogP contribution in [0, 0.1) is 11.8 Å². The van der Waals surface area contributed by atoms with Crippen LogP contribution in [-0.2, 0) is 44.7 Å². The fraction of sp³-hybridized carbons (Fsp3) is 0.757. The highest BCUT2D eigenvalue weighted by Gasteiger charge is 2.43. The Morgan fingerprint density at radius 1 is 0.756 bits per heavy atom. The second-order valence-corrected chi connectivity index (χ2v) is 12.8. The summed E-state index contributed by atoms with van der Waals surface area (Å²) in [4.78, 5) is 37.8. The van der Waals surface area contributed by atoms with Crippen molar-refractivity contribution in [3.63, 3.8) is 0 Å². The maximum absolute atomic E-state index is 13.3. The largest absolute Gasteiger partial charge is 0.462 e. The fourth-order valence-corrected chi connectivity index (χ4v) is 5.87. The van der Waals surface area contributed by atoms with Crippen LogP contribution in [0.1, 0.15) is 137 Å². The van der Waals surface area contributed by atoms with Crippen LogP contribution >= 0.6 is 0 Å². The van der Waals surface area contributed by atoms with Gasteiger partial charge in [-0.1, -0.05) is 122 Å². The summed E-state index contributed by atoms with van der Waals surface area (Å²) in [6.07, 6.45) is 10.3. The summed E-state index contributed by atoms with van der Waals surface area (Å²) in [6, 6.07) is 9.50. The summed E-state index contributed by atoms with van der Waals surface area (Å²) in [5, 5.41) is 0. The Kier molecular flexibility index (Phi) is 19.1. The van der Waals surface area contributed by atoms with E-state index in [0.717, 1.165) is 31.2 Å². The van der Waals surface area contributed by atoms with Crippen molar-refractivity contribution < 1.29 is 38.1 Å². The lowest BCUT2D eigenvalue weighted by Gasteiger charge is -2.43. The fourth-order valence-electron chi connectivity index (χ4n) is 5.87. The Hall–Kier alpha value is -2.45. The second-order valence-electron chi connectivity index (χ2n) is 12.8. The Bertz CT molecular complexity index is 966. The van der Waals surface area contributed by atoms with Gasteiger partial charge in [-0.25, -0.2) is 0 Å². The van der Waals surface area contributed by atoms with Gasteiger partial charge in [-0.2, -0.15) is 0 Å². The molecule has 0 bridgehead atoms. The van der Waals surface area contributed by atoms with Gasteiger partial charge in [-0.15, -0.1) is 0 Å². The molecule has 2 rings (SSSR count). The molecule has 0 aromatic heterocycles. The average molecular weight is 633 g/mol. The van der Waals surface area contributed by atoms with Crippen LogP contribution < -0.4 is 0 Å². The van der Waals surface area contributed by atoms with Gasteiger partial charge in [0.1, 0.15) is 12.7 Å². The minimum Gasteiger partial charge on any atom is -0.462 e. The molecule has 1 saturated heterocycles. The first-order chi connectivity index (χ1) is 21.6. The number of benzene rings is 1. The van der Waals surface area contributed by atoms with Gasteiger partial charge in [0, 0.05) is 12.8 Å². The van der Waals surface area contributed by atoms with Crippen molar-refractivity contribution in [2.45, 2.75) is 169 Å². The van der Waals surface area contributed by atoms with E-state index in [-0.39, 0.29) is 43.4 Å². The van der Waals surface area contributed by atoms with E-state index < -0.39 is 36.5 Å². The van der Waals surface area contributed by atoms with E-state index in [1.54, 1.807) is 0 Å². The van der Waals surface area contributed by atoms with Gasteiger partial charge >= 0.3 is 17.9 Å². The molecule has 4 unspecified atom stereocenters. The van der Waals surface area contributed by atoms with E-state index in [4.69, 9.17) is 23.7 Å². The Balaban J connectivity index is 2.00. The summed E-state index contributed by atoms with van der Waals surface area (Å²) in [5.41, 5.74) is 0.904. The van der Waals surface area contributed by atoms with Crippen molar-refractivity contribution in [1.82, 2.24) is 0 Å². The number of carbonyl (C=O) groups excluding carboxylic acids is 3. The Labute approximate surface area is 272 Å². The summed E-state index contributed by atoms with van der Waals surface area (Å²) in [5.74, 6) is -1.00. The van der Waals surface area contributed by atoms with E-state index >= 15 is 0 Å². The van der Waals surface area contributed by atoms with Crippen LogP contribution in [0.5, 0.6) is 0 Å². The van der Waals surface area contributed by atoms with Crippen molar-refractivity contribution in [1.29, 1.82) is 0 Å². The van der Waals surface area contributed by atoms with E-state index in [9.17, 15) is 14.4 Å². The van der Waals surface area contributed by atoms with E-state index in [0.29, 0.717) is 12.8 Å². The van der Waals surface area contributed by atoms with Crippen molar-refractivity contribution >= 4 is 17.9 Å². The topological polar surface area (TPSA) is 97.4 Å². The highest BCUT2D eigenvalue weighted by molar-refractivity contribution is 5.73. The van der Waals surface area contributed by atoms with E-state index in [2.05, 4.69) is 13.8 Å². The Morgan fingerprint density at radius 2 is 1.38 bits per heavy atom. The molecule has 8 heteroatoms. The number of esters is 3. The number of ether oxygens (including phenoxy) is 5. The van der Waals surface area contributed by atoms with Crippen molar-refractivity contribution in [2.75, 3.05) is 0 Å².